The minimum absolute atomic E-state index is 0.202. The molecule has 108 valence electrons. The van der Waals surface area contributed by atoms with Gasteiger partial charge in [-0.3, -0.25) is 0 Å². The lowest BCUT2D eigenvalue weighted by atomic mass is 10.2. The van der Waals surface area contributed by atoms with Crippen LogP contribution < -0.4 is 4.72 Å². The Morgan fingerprint density at radius 2 is 1.95 bits per heavy atom. The van der Waals surface area contributed by atoms with E-state index >= 15 is 0 Å². The summed E-state index contributed by atoms with van der Waals surface area (Å²) in [5.41, 5.74) is 1.00. The zero-order valence-electron chi connectivity index (χ0n) is 10.6. The largest absolute Gasteiger partial charge is 0.340 e. The predicted octanol–water partition coefficient (Wildman–Crippen LogP) is 1.37. The van der Waals surface area contributed by atoms with E-state index in [1.165, 1.54) is 6.33 Å². The highest BCUT2D eigenvalue weighted by atomic mass is 35.5. The minimum Gasteiger partial charge on any atom is -0.340 e. The third kappa shape index (κ3) is 4.03. The molecule has 0 aliphatic rings. The molecular weight excluding hydrogens is 302 g/mol. The van der Waals surface area contributed by atoms with Crippen LogP contribution >= 0.6 is 11.6 Å². The number of aromatic nitrogens is 2. The van der Waals surface area contributed by atoms with E-state index in [1.807, 2.05) is 0 Å². The van der Waals surface area contributed by atoms with Gasteiger partial charge in [-0.05, 0) is 24.1 Å². The summed E-state index contributed by atoms with van der Waals surface area (Å²) in [5, 5.41) is 3.45. The molecule has 2 aromatic rings. The first kappa shape index (κ1) is 15.0. The number of hydrogen-bond acceptors (Lipinski definition) is 5. The average molecular weight is 316 g/mol. The fraction of sp³-hybridized carbons (Fsp3) is 0.333. The normalized spacial score (nSPS) is 11.7. The molecule has 1 N–H and O–H groups in total. The fourth-order valence-electron chi connectivity index (χ4n) is 1.63. The van der Waals surface area contributed by atoms with Crippen LogP contribution in [0.2, 0.25) is 0 Å². The van der Waals surface area contributed by atoms with Gasteiger partial charge >= 0.3 is 0 Å². The Hall–Kier alpha value is -1.44. The Morgan fingerprint density at radius 1 is 1.20 bits per heavy atom. The molecule has 1 heterocycles. The molecule has 0 radical (unpaired) electrons. The van der Waals surface area contributed by atoms with Crippen molar-refractivity contribution >= 4 is 21.6 Å². The summed E-state index contributed by atoms with van der Waals surface area (Å²) in [4.78, 5) is 4.04. The van der Waals surface area contributed by atoms with E-state index in [0.717, 1.165) is 5.56 Å². The molecule has 1 aromatic carbocycles. The van der Waals surface area contributed by atoms with E-state index in [1.54, 1.807) is 24.3 Å². The lowest BCUT2D eigenvalue weighted by Crippen LogP contribution is -2.26. The molecule has 0 fully saturated rings. The topological polar surface area (TPSA) is 85.1 Å². The van der Waals surface area contributed by atoms with Gasteiger partial charge in [-0.2, -0.15) is 4.98 Å². The summed E-state index contributed by atoms with van der Waals surface area (Å²) in [6.07, 6.45) is 2.34. The van der Waals surface area contributed by atoms with E-state index < -0.39 is 10.0 Å². The summed E-state index contributed by atoms with van der Waals surface area (Å²) in [7, 11) is -3.52. The maximum Gasteiger partial charge on any atom is 0.240 e. The van der Waals surface area contributed by atoms with Crippen molar-refractivity contribution in [2.45, 2.75) is 17.7 Å². The Bertz CT molecular complexity index is 626. The van der Waals surface area contributed by atoms with Crippen LogP contribution in [0.25, 0.3) is 0 Å². The highest BCUT2D eigenvalue weighted by Gasteiger charge is 2.13. The number of rotatable bonds is 7. The third-order valence-electron chi connectivity index (χ3n) is 2.65. The molecule has 1 aromatic heterocycles. The molecule has 0 aliphatic carbocycles. The van der Waals surface area contributed by atoms with Gasteiger partial charge < -0.3 is 4.52 Å². The van der Waals surface area contributed by atoms with Gasteiger partial charge in [0.2, 0.25) is 15.9 Å². The summed E-state index contributed by atoms with van der Waals surface area (Å²) < 4.78 is 31.3. The standard InChI is InChI=1S/C12H14ClN3O3S/c13-7-5-10-1-3-11(4-2-10)20(17,18)16-8-6-12-14-9-15-19-12/h1-4,9,16H,5-8H2. The van der Waals surface area contributed by atoms with Gasteiger partial charge in [-0.1, -0.05) is 17.3 Å². The number of aryl methyl sites for hydroxylation is 1. The molecule has 8 heteroatoms. The maximum atomic E-state index is 12.0. The molecule has 0 saturated carbocycles. The van der Waals surface area contributed by atoms with E-state index in [-0.39, 0.29) is 11.4 Å². The van der Waals surface area contributed by atoms with Crippen LogP contribution in [0.5, 0.6) is 0 Å². The van der Waals surface area contributed by atoms with Crippen molar-refractivity contribution in [1.29, 1.82) is 0 Å². The molecule has 0 saturated heterocycles. The Morgan fingerprint density at radius 3 is 2.55 bits per heavy atom. The van der Waals surface area contributed by atoms with Crippen molar-refractivity contribution in [3.63, 3.8) is 0 Å². The Kier molecular flexibility index (Phi) is 5.11. The Labute approximate surface area is 122 Å². The molecule has 20 heavy (non-hydrogen) atoms. The van der Waals surface area contributed by atoms with Crippen LogP contribution in [0, 0.1) is 0 Å². The van der Waals surface area contributed by atoms with E-state index in [0.29, 0.717) is 24.6 Å². The van der Waals surface area contributed by atoms with Crippen molar-refractivity contribution in [3.05, 3.63) is 42.0 Å². The second-order valence-corrected chi connectivity index (χ2v) is 6.21. The van der Waals surface area contributed by atoms with E-state index in [2.05, 4.69) is 14.9 Å². The van der Waals surface area contributed by atoms with Crippen LogP contribution in [0.4, 0.5) is 0 Å². The lowest BCUT2D eigenvalue weighted by Gasteiger charge is -2.06. The summed E-state index contributed by atoms with van der Waals surface area (Å²) >= 11 is 5.63. The minimum atomic E-state index is -3.52. The molecule has 0 amide bonds. The number of hydrogen-bond donors (Lipinski definition) is 1. The predicted molar refractivity (Wildman–Crippen MR) is 74.1 cm³/mol. The van der Waals surface area contributed by atoms with Gasteiger partial charge in [0, 0.05) is 18.8 Å². The second-order valence-electron chi connectivity index (χ2n) is 4.07. The number of alkyl halides is 1. The zero-order valence-corrected chi connectivity index (χ0v) is 12.2. The first-order valence-corrected chi connectivity index (χ1v) is 8.04. The average Bonchev–Trinajstić information content (AvgIpc) is 2.93. The molecule has 0 bridgehead atoms. The van der Waals surface area contributed by atoms with Crippen LogP contribution in [0.3, 0.4) is 0 Å². The van der Waals surface area contributed by atoms with Crippen molar-refractivity contribution in [3.8, 4) is 0 Å². The summed E-state index contributed by atoms with van der Waals surface area (Å²) in [6, 6.07) is 6.65. The van der Waals surface area contributed by atoms with Gasteiger partial charge in [-0.25, -0.2) is 13.1 Å². The molecular formula is C12H14ClN3O3S. The van der Waals surface area contributed by atoms with Crippen molar-refractivity contribution < 1.29 is 12.9 Å². The first-order valence-electron chi connectivity index (χ1n) is 6.02. The Balaban J connectivity index is 1.95. The second kappa shape index (κ2) is 6.83. The van der Waals surface area contributed by atoms with Gasteiger partial charge in [0.05, 0.1) is 4.90 Å². The molecule has 6 nitrogen and oxygen atoms in total. The van der Waals surface area contributed by atoms with Crippen LogP contribution in [-0.2, 0) is 22.9 Å². The molecule has 2 rings (SSSR count). The maximum absolute atomic E-state index is 12.0. The van der Waals surface area contributed by atoms with Gasteiger partial charge in [-0.15, -0.1) is 11.6 Å². The van der Waals surface area contributed by atoms with E-state index in [9.17, 15) is 8.42 Å². The molecule has 0 aliphatic heterocycles. The number of sulfonamides is 1. The molecule has 0 spiro atoms. The third-order valence-corrected chi connectivity index (χ3v) is 4.32. The van der Waals surface area contributed by atoms with Crippen LogP contribution in [0.1, 0.15) is 11.5 Å². The zero-order chi connectivity index (χ0) is 14.4. The lowest BCUT2D eigenvalue weighted by molar-refractivity contribution is 0.377. The number of nitrogens with one attached hydrogen (secondary N) is 1. The van der Waals surface area contributed by atoms with Crippen molar-refractivity contribution in [2.24, 2.45) is 0 Å². The smallest absolute Gasteiger partial charge is 0.240 e. The van der Waals surface area contributed by atoms with Gasteiger partial charge in [0.1, 0.15) is 0 Å². The number of halogens is 1. The van der Waals surface area contributed by atoms with Crippen molar-refractivity contribution in [2.75, 3.05) is 12.4 Å². The van der Waals surface area contributed by atoms with Crippen LogP contribution in [0.15, 0.2) is 40.0 Å². The molecule has 0 atom stereocenters. The monoisotopic (exact) mass is 315 g/mol. The van der Waals surface area contributed by atoms with Crippen LogP contribution in [-0.4, -0.2) is 31.0 Å². The highest BCUT2D eigenvalue weighted by Crippen LogP contribution is 2.11. The van der Waals surface area contributed by atoms with Crippen molar-refractivity contribution in [1.82, 2.24) is 14.9 Å². The fourth-order valence-corrected chi connectivity index (χ4v) is 2.88. The van der Waals surface area contributed by atoms with Gasteiger partial charge in [0.15, 0.2) is 6.33 Å². The summed E-state index contributed by atoms with van der Waals surface area (Å²) in [5.74, 6) is 0.902. The highest BCUT2D eigenvalue weighted by molar-refractivity contribution is 7.89. The SMILES string of the molecule is O=S(=O)(NCCc1ncno1)c1ccc(CCCl)cc1. The quantitative estimate of drug-likeness (QED) is 0.780. The molecule has 0 unspecified atom stereocenters. The van der Waals surface area contributed by atoms with E-state index in [4.69, 9.17) is 16.1 Å². The first-order chi connectivity index (χ1) is 9.62. The summed E-state index contributed by atoms with van der Waals surface area (Å²) in [6.45, 7) is 0.202. The number of benzene rings is 1. The van der Waals surface area contributed by atoms with Gasteiger partial charge in [0.25, 0.3) is 0 Å². The number of nitrogens with zero attached hydrogens (tertiary/aromatic N) is 2.